The highest BCUT2D eigenvalue weighted by Gasteiger charge is 2.20. The first-order valence-corrected chi connectivity index (χ1v) is 8.63. The van der Waals surface area contributed by atoms with Crippen LogP contribution in [-0.4, -0.2) is 27.4 Å². The number of aromatic nitrogens is 3. The van der Waals surface area contributed by atoms with Gasteiger partial charge in [-0.3, -0.25) is 4.68 Å². The molecule has 0 aliphatic carbocycles. The van der Waals surface area contributed by atoms with Gasteiger partial charge < -0.3 is 15.4 Å². The highest BCUT2D eigenvalue weighted by molar-refractivity contribution is 5.89. The Balaban J connectivity index is 2.02. The lowest BCUT2D eigenvalue weighted by Gasteiger charge is -2.20. The third-order valence-electron chi connectivity index (χ3n) is 3.65. The molecule has 0 aliphatic heterocycles. The van der Waals surface area contributed by atoms with E-state index in [9.17, 15) is 4.79 Å². The summed E-state index contributed by atoms with van der Waals surface area (Å²) < 4.78 is 7.29. The average molecular weight is 357 g/mol. The molecule has 2 aromatic rings. The third-order valence-corrected chi connectivity index (χ3v) is 3.65. The Morgan fingerprint density at radius 2 is 2.15 bits per heavy atom. The maximum absolute atomic E-state index is 12.5. The molecule has 1 aromatic carbocycles. The number of carbonyl (C=O) groups excluding carboxylic acids is 1. The summed E-state index contributed by atoms with van der Waals surface area (Å²) in [7, 11) is 1.82. The van der Waals surface area contributed by atoms with Crippen molar-refractivity contribution in [2.75, 3.05) is 11.9 Å². The number of carbonyl (C=O) groups is 1. The lowest BCUT2D eigenvalue weighted by molar-refractivity contribution is 0.245. The van der Waals surface area contributed by atoms with Crippen molar-refractivity contribution in [2.24, 2.45) is 13.0 Å². The normalized spacial score (nSPS) is 11.9. The van der Waals surface area contributed by atoms with E-state index in [0.29, 0.717) is 24.0 Å². The van der Waals surface area contributed by atoms with E-state index in [1.165, 1.54) is 6.33 Å². The molecule has 0 bridgehead atoms. The number of anilines is 1. The molecule has 0 fully saturated rings. The van der Waals surface area contributed by atoms with Crippen LogP contribution in [0.2, 0.25) is 0 Å². The Bertz CT molecular complexity index is 754. The molecular formula is C19H27N5O2. The summed E-state index contributed by atoms with van der Waals surface area (Å²) in [6, 6.07) is 6.75. The number of ether oxygens (including phenoxy) is 1. The molecule has 1 atom stereocenters. The molecule has 0 aliphatic rings. The Kier molecular flexibility index (Phi) is 6.77. The van der Waals surface area contributed by atoms with Crippen LogP contribution >= 0.6 is 0 Å². The fourth-order valence-corrected chi connectivity index (χ4v) is 2.52. The second kappa shape index (κ2) is 9.03. The number of benzene rings is 1. The summed E-state index contributed by atoms with van der Waals surface area (Å²) in [6.07, 6.45) is 2.26. The second-order valence-electron chi connectivity index (χ2n) is 6.80. The number of hydrogen-bond acceptors (Lipinski definition) is 4. The van der Waals surface area contributed by atoms with Crippen molar-refractivity contribution in [2.45, 2.75) is 33.2 Å². The minimum atomic E-state index is -0.296. The molecule has 0 saturated heterocycles. The van der Waals surface area contributed by atoms with Crippen molar-refractivity contribution >= 4 is 11.7 Å². The van der Waals surface area contributed by atoms with Gasteiger partial charge in [0, 0.05) is 18.8 Å². The van der Waals surface area contributed by atoms with Crippen LogP contribution in [0.1, 0.15) is 39.1 Å². The zero-order chi connectivity index (χ0) is 19.1. The topological polar surface area (TPSA) is 81.1 Å². The van der Waals surface area contributed by atoms with Crippen molar-refractivity contribution in [3.05, 3.63) is 48.6 Å². The average Bonchev–Trinajstić information content (AvgIpc) is 2.98. The fraction of sp³-hybridized carbons (Fsp3) is 0.421. The van der Waals surface area contributed by atoms with E-state index in [-0.39, 0.29) is 12.1 Å². The van der Waals surface area contributed by atoms with E-state index >= 15 is 0 Å². The van der Waals surface area contributed by atoms with E-state index in [2.05, 4.69) is 41.1 Å². The van der Waals surface area contributed by atoms with Crippen LogP contribution in [-0.2, 0) is 7.05 Å². The van der Waals surface area contributed by atoms with E-state index in [0.717, 1.165) is 17.8 Å². The SMILES string of the molecule is C=C(C)COc1cccc(NC(=O)NC(CC(C)C)c2ncnn2C)c1. The number of aryl methyl sites for hydroxylation is 1. The molecule has 7 nitrogen and oxygen atoms in total. The van der Waals surface area contributed by atoms with Gasteiger partial charge in [-0.2, -0.15) is 5.10 Å². The third kappa shape index (κ3) is 5.91. The number of hydrogen-bond donors (Lipinski definition) is 2. The lowest BCUT2D eigenvalue weighted by atomic mass is 10.0. The predicted octanol–water partition coefficient (Wildman–Crippen LogP) is 3.68. The van der Waals surface area contributed by atoms with Gasteiger partial charge in [-0.25, -0.2) is 9.78 Å². The molecule has 2 N–H and O–H groups in total. The first kappa shape index (κ1) is 19.5. The molecule has 1 aromatic heterocycles. The number of nitrogens with one attached hydrogen (secondary N) is 2. The maximum atomic E-state index is 12.5. The van der Waals surface area contributed by atoms with Gasteiger partial charge in [-0.1, -0.05) is 26.5 Å². The van der Waals surface area contributed by atoms with Gasteiger partial charge in [0.15, 0.2) is 0 Å². The first-order valence-electron chi connectivity index (χ1n) is 8.63. The fourth-order valence-electron chi connectivity index (χ4n) is 2.52. The van der Waals surface area contributed by atoms with Crippen molar-refractivity contribution in [1.29, 1.82) is 0 Å². The first-order chi connectivity index (χ1) is 12.3. The van der Waals surface area contributed by atoms with Gasteiger partial charge in [-0.05, 0) is 37.0 Å². The van der Waals surface area contributed by atoms with Crippen molar-refractivity contribution in [1.82, 2.24) is 20.1 Å². The molecule has 1 unspecified atom stereocenters. The van der Waals surface area contributed by atoms with Crippen LogP contribution < -0.4 is 15.4 Å². The van der Waals surface area contributed by atoms with Crippen molar-refractivity contribution in [3.8, 4) is 5.75 Å². The highest BCUT2D eigenvalue weighted by atomic mass is 16.5. The van der Waals surface area contributed by atoms with Gasteiger partial charge in [0.1, 0.15) is 24.5 Å². The molecular weight excluding hydrogens is 330 g/mol. The van der Waals surface area contributed by atoms with Gasteiger partial charge >= 0.3 is 6.03 Å². The Morgan fingerprint density at radius 3 is 2.77 bits per heavy atom. The molecule has 7 heteroatoms. The number of rotatable bonds is 8. The van der Waals surface area contributed by atoms with Crippen molar-refractivity contribution in [3.63, 3.8) is 0 Å². The predicted molar refractivity (Wildman–Crippen MR) is 102 cm³/mol. The number of amides is 2. The smallest absolute Gasteiger partial charge is 0.319 e. The van der Waals surface area contributed by atoms with Crippen LogP contribution in [0.5, 0.6) is 5.75 Å². The largest absolute Gasteiger partial charge is 0.489 e. The van der Waals surface area contributed by atoms with Crippen LogP contribution in [0.4, 0.5) is 10.5 Å². The molecule has 0 radical (unpaired) electrons. The summed E-state index contributed by atoms with van der Waals surface area (Å²) in [6.45, 7) is 10.4. The van der Waals surface area contributed by atoms with E-state index in [1.807, 2.05) is 32.2 Å². The Hall–Kier alpha value is -2.83. The van der Waals surface area contributed by atoms with Crippen LogP contribution in [0.3, 0.4) is 0 Å². The van der Waals surface area contributed by atoms with Gasteiger partial charge in [0.25, 0.3) is 0 Å². The summed E-state index contributed by atoms with van der Waals surface area (Å²) in [5.41, 5.74) is 1.59. The Morgan fingerprint density at radius 1 is 1.38 bits per heavy atom. The van der Waals surface area contributed by atoms with Crippen LogP contribution in [0.25, 0.3) is 0 Å². The second-order valence-corrected chi connectivity index (χ2v) is 6.80. The molecule has 1 heterocycles. The van der Waals surface area contributed by atoms with Crippen molar-refractivity contribution < 1.29 is 9.53 Å². The molecule has 0 spiro atoms. The Labute approximate surface area is 154 Å². The number of urea groups is 1. The van der Waals surface area contributed by atoms with Crippen LogP contribution in [0.15, 0.2) is 42.7 Å². The standard InChI is InChI=1S/C19H27N5O2/c1-13(2)9-17(18-20-12-21-24(18)5)23-19(25)22-15-7-6-8-16(10-15)26-11-14(3)4/h6-8,10,12-13,17H,3,9,11H2,1-2,4-5H3,(H2,22,23,25). The van der Waals surface area contributed by atoms with Gasteiger partial charge in [-0.15, -0.1) is 0 Å². The highest BCUT2D eigenvalue weighted by Crippen LogP contribution is 2.20. The monoisotopic (exact) mass is 357 g/mol. The van der Waals surface area contributed by atoms with Gasteiger partial charge in [0.2, 0.25) is 0 Å². The van der Waals surface area contributed by atoms with E-state index in [1.54, 1.807) is 10.7 Å². The molecule has 2 amide bonds. The quantitative estimate of drug-likeness (QED) is 0.706. The summed E-state index contributed by atoms with van der Waals surface area (Å²) in [4.78, 5) is 16.7. The molecule has 0 saturated carbocycles. The van der Waals surface area contributed by atoms with E-state index < -0.39 is 0 Å². The summed E-state index contributed by atoms with van der Waals surface area (Å²) >= 11 is 0. The van der Waals surface area contributed by atoms with Gasteiger partial charge in [0.05, 0.1) is 6.04 Å². The molecule has 140 valence electrons. The number of nitrogens with zero attached hydrogens (tertiary/aromatic N) is 3. The minimum absolute atomic E-state index is 0.217. The maximum Gasteiger partial charge on any atom is 0.319 e. The lowest BCUT2D eigenvalue weighted by Crippen LogP contribution is -2.34. The molecule has 2 rings (SSSR count). The minimum Gasteiger partial charge on any atom is -0.489 e. The zero-order valence-electron chi connectivity index (χ0n) is 15.8. The summed E-state index contributed by atoms with van der Waals surface area (Å²) in [5.74, 6) is 1.81. The van der Waals surface area contributed by atoms with E-state index in [4.69, 9.17) is 4.74 Å². The summed E-state index contributed by atoms with van der Waals surface area (Å²) in [5, 5.41) is 9.92. The van der Waals surface area contributed by atoms with Crippen LogP contribution in [0, 0.1) is 5.92 Å². The zero-order valence-corrected chi connectivity index (χ0v) is 15.8. The molecule has 26 heavy (non-hydrogen) atoms.